The Morgan fingerprint density at radius 1 is 1.05 bits per heavy atom. The lowest BCUT2D eigenvalue weighted by atomic mass is 10.3. The van der Waals surface area contributed by atoms with E-state index < -0.39 is 11.6 Å². The van der Waals surface area contributed by atoms with Crippen LogP contribution in [-0.4, -0.2) is 14.5 Å². The first-order valence-electron chi connectivity index (χ1n) is 5.42. The van der Waals surface area contributed by atoms with Gasteiger partial charge in [-0.3, -0.25) is 4.57 Å². The highest BCUT2D eigenvalue weighted by molar-refractivity contribution is 9.10. The summed E-state index contributed by atoms with van der Waals surface area (Å²) < 4.78 is 30.3. The van der Waals surface area contributed by atoms with Gasteiger partial charge in [0, 0.05) is 15.1 Å². The van der Waals surface area contributed by atoms with Gasteiger partial charge in [0.1, 0.15) is 11.2 Å². The summed E-state index contributed by atoms with van der Waals surface area (Å²) in [5.74, 6) is -1.55. The minimum atomic E-state index is -0.757. The Kier molecular flexibility index (Phi) is 3.21. The van der Waals surface area contributed by atoms with E-state index >= 15 is 0 Å². The quantitative estimate of drug-likeness (QED) is 0.672. The first kappa shape index (κ1) is 13.4. The molecule has 0 radical (unpaired) electrons. The van der Waals surface area contributed by atoms with Crippen molar-refractivity contribution in [1.82, 2.24) is 14.5 Å². The lowest BCUT2D eigenvalue weighted by molar-refractivity contribution is 0.570. The molecular formula is C12H6Br2F2N4. The maximum absolute atomic E-state index is 14.1. The summed E-state index contributed by atoms with van der Waals surface area (Å²) in [4.78, 5) is 8.17. The summed E-state index contributed by atoms with van der Waals surface area (Å²) in [5, 5.41) is 0. The highest BCUT2D eigenvalue weighted by Gasteiger charge is 2.19. The van der Waals surface area contributed by atoms with E-state index in [-0.39, 0.29) is 17.3 Å². The van der Waals surface area contributed by atoms with Gasteiger partial charge in [-0.2, -0.15) is 0 Å². The van der Waals surface area contributed by atoms with Crippen molar-refractivity contribution in [1.29, 1.82) is 0 Å². The van der Waals surface area contributed by atoms with Crippen molar-refractivity contribution >= 4 is 49.0 Å². The van der Waals surface area contributed by atoms with Gasteiger partial charge in [0.2, 0.25) is 5.95 Å². The topological polar surface area (TPSA) is 56.7 Å². The monoisotopic (exact) mass is 402 g/mol. The number of benzene rings is 1. The summed E-state index contributed by atoms with van der Waals surface area (Å²) in [6.07, 6.45) is 1.51. The standard InChI is InChI=1S/C12H6Br2F2N4/c13-5-1-7(15)10(8(16)2-5)20-11-9(19-12(20)17)3-6(14)4-18-11/h1-4H,(H2,17,19). The molecule has 2 heterocycles. The summed E-state index contributed by atoms with van der Waals surface area (Å²) in [6, 6.07) is 3.98. The summed E-state index contributed by atoms with van der Waals surface area (Å²) in [6.45, 7) is 0. The Morgan fingerprint density at radius 3 is 2.35 bits per heavy atom. The average Bonchev–Trinajstić information content (AvgIpc) is 2.64. The van der Waals surface area contributed by atoms with E-state index in [1.807, 2.05) is 0 Å². The number of nitrogen functional groups attached to an aromatic ring is 1. The number of fused-ring (bicyclic) bond motifs is 1. The van der Waals surface area contributed by atoms with Crippen LogP contribution in [0.4, 0.5) is 14.7 Å². The fourth-order valence-electron chi connectivity index (χ4n) is 1.93. The molecule has 0 amide bonds. The zero-order valence-corrected chi connectivity index (χ0v) is 12.9. The molecule has 0 aliphatic heterocycles. The third-order valence-corrected chi connectivity index (χ3v) is 3.59. The van der Waals surface area contributed by atoms with Crippen molar-refractivity contribution in [3.63, 3.8) is 0 Å². The molecule has 0 saturated heterocycles. The average molecular weight is 404 g/mol. The predicted octanol–water partition coefficient (Wildman–Crippen LogP) is 3.81. The van der Waals surface area contributed by atoms with Crippen molar-refractivity contribution in [2.45, 2.75) is 0 Å². The van der Waals surface area contributed by atoms with Crippen LogP contribution in [0.15, 0.2) is 33.3 Å². The molecule has 0 bridgehead atoms. The number of nitrogens with two attached hydrogens (primary N) is 1. The molecule has 2 N–H and O–H groups in total. The van der Waals surface area contributed by atoms with E-state index in [2.05, 4.69) is 41.8 Å². The van der Waals surface area contributed by atoms with Gasteiger partial charge in [-0.15, -0.1) is 0 Å². The zero-order valence-electron chi connectivity index (χ0n) is 9.74. The number of hydrogen-bond donors (Lipinski definition) is 1. The molecule has 0 spiro atoms. The Morgan fingerprint density at radius 2 is 1.70 bits per heavy atom. The molecular weight excluding hydrogens is 398 g/mol. The van der Waals surface area contributed by atoms with Crippen LogP contribution in [0.25, 0.3) is 16.9 Å². The van der Waals surface area contributed by atoms with E-state index in [1.165, 1.54) is 6.20 Å². The fraction of sp³-hybridized carbons (Fsp3) is 0. The minimum absolute atomic E-state index is 0.0364. The predicted molar refractivity (Wildman–Crippen MR) is 78.6 cm³/mol. The van der Waals surface area contributed by atoms with Crippen LogP contribution in [0.1, 0.15) is 0 Å². The second-order valence-corrected chi connectivity index (χ2v) is 5.85. The molecule has 8 heteroatoms. The van der Waals surface area contributed by atoms with Crippen molar-refractivity contribution in [3.05, 3.63) is 45.0 Å². The molecule has 0 atom stereocenters. The Labute approximate surface area is 128 Å². The smallest absolute Gasteiger partial charge is 0.207 e. The largest absolute Gasteiger partial charge is 0.369 e. The van der Waals surface area contributed by atoms with Crippen LogP contribution < -0.4 is 5.73 Å². The third-order valence-electron chi connectivity index (χ3n) is 2.70. The van der Waals surface area contributed by atoms with E-state index in [0.29, 0.717) is 14.5 Å². The molecule has 0 aliphatic rings. The first-order valence-corrected chi connectivity index (χ1v) is 7.00. The summed E-state index contributed by atoms with van der Waals surface area (Å²) in [5.41, 5.74) is 6.19. The molecule has 0 aliphatic carbocycles. The summed E-state index contributed by atoms with van der Waals surface area (Å²) in [7, 11) is 0. The molecule has 0 unspecified atom stereocenters. The Bertz CT molecular complexity index is 809. The second-order valence-electron chi connectivity index (χ2n) is 4.02. The first-order chi connectivity index (χ1) is 9.47. The SMILES string of the molecule is Nc1nc2cc(Br)cnc2n1-c1c(F)cc(Br)cc1F. The molecule has 102 valence electrons. The van der Waals surface area contributed by atoms with Gasteiger partial charge in [-0.1, -0.05) is 15.9 Å². The molecule has 3 rings (SSSR count). The molecule has 20 heavy (non-hydrogen) atoms. The highest BCUT2D eigenvalue weighted by atomic mass is 79.9. The second kappa shape index (κ2) is 4.78. The number of rotatable bonds is 1. The molecule has 0 fully saturated rings. The number of halogens is 4. The van der Waals surface area contributed by atoms with Gasteiger partial charge >= 0.3 is 0 Å². The molecule has 2 aromatic heterocycles. The highest BCUT2D eigenvalue weighted by Crippen LogP contribution is 2.29. The number of anilines is 1. The number of aromatic nitrogens is 3. The Balaban J connectivity index is 2.38. The van der Waals surface area contributed by atoms with Gasteiger partial charge in [-0.05, 0) is 34.1 Å². The van der Waals surface area contributed by atoms with Crippen molar-refractivity contribution in [2.24, 2.45) is 0 Å². The Hall–Kier alpha value is -1.54. The van der Waals surface area contributed by atoms with E-state index in [9.17, 15) is 8.78 Å². The molecule has 3 aromatic rings. The van der Waals surface area contributed by atoms with Gasteiger partial charge in [0.05, 0.1) is 0 Å². The van der Waals surface area contributed by atoms with Crippen molar-refractivity contribution in [2.75, 3.05) is 5.73 Å². The van der Waals surface area contributed by atoms with E-state index in [0.717, 1.165) is 16.7 Å². The van der Waals surface area contributed by atoms with Gasteiger partial charge in [-0.25, -0.2) is 18.7 Å². The third kappa shape index (κ3) is 2.08. The number of pyridine rings is 1. The van der Waals surface area contributed by atoms with Gasteiger partial charge in [0.15, 0.2) is 17.3 Å². The zero-order chi connectivity index (χ0) is 14.4. The normalized spacial score (nSPS) is 11.2. The molecule has 4 nitrogen and oxygen atoms in total. The van der Waals surface area contributed by atoms with Crippen LogP contribution in [0.2, 0.25) is 0 Å². The maximum Gasteiger partial charge on any atom is 0.207 e. The maximum atomic E-state index is 14.1. The number of hydrogen-bond acceptors (Lipinski definition) is 3. The van der Waals surface area contributed by atoms with Crippen molar-refractivity contribution in [3.8, 4) is 5.69 Å². The van der Waals surface area contributed by atoms with Crippen LogP contribution in [0.3, 0.4) is 0 Å². The minimum Gasteiger partial charge on any atom is -0.369 e. The van der Waals surface area contributed by atoms with E-state index in [1.54, 1.807) is 6.07 Å². The summed E-state index contributed by atoms with van der Waals surface area (Å²) >= 11 is 6.28. The lowest BCUT2D eigenvalue weighted by Gasteiger charge is -2.09. The van der Waals surface area contributed by atoms with Crippen LogP contribution >= 0.6 is 31.9 Å². The van der Waals surface area contributed by atoms with Crippen molar-refractivity contribution < 1.29 is 8.78 Å². The van der Waals surface area contributed by atoms with Gasteiger partial charge < -0.3 is 5.73 Å². The van der Waals surface area contributed by atoms with Crippen LogP contribution in [-0.2, 0) is 0 Å². The van der Waals surface area contributed by atoms with Crippen LogP contribution in [0.5, 0.6) is 0 Å². The van der Waals surface area contributed by atoms with E-state index in [4.69, 9.17) is 5.73 Å². The molecule has 0 saturated carbocycles. The number of imidazole rings is 1. The van der Waals surface area contributed by atoms with Crippen LogP contribution in [0, 0.1) is 11.6 Å². The van der Waals surface area contributed by atoms with Gasteiger partial charge in [0.25, 0.3) is 0 Å². The fourth-order valence-corrected chi connectivity index (χ4v) is 2.65. The lowest BCUT2D eigenvalue weighted by Crippen LogP contribution is -2.06. The molecule has 1 aromatic carbocycles. The number of nitrogens with zero attached hydrogens (tertiary/aromatic N) is 3.